The van der Waals surface area contributed by atoms with Gasteiger partial charge in [0.2, 0.25) is 5.91 Å². The van der Waals surface area contributed by atoms with Crippen molar-refractivity contribution in [3.63, 3.8) is 0 Å². The Morgan fingerprint density at radius 1 is 1.75 bits per heavy atom. The second-order valence-corrected chi connectivity index (χ2v) is 4.83. The number of hydroxylamine groups is 2. The van der Waals surface area contributed by atoms with E-state index in [-0.39, 0.29) is 12.5 Å². The molecule has 0 saturated carbocycles. The number of carbonyl (C=O) groups excluding carboxylic acids is 1. The van der Waals surface area contributed by atoms with Gasteiger partial charge >= 0.3 is 0 Å². The summed E-state index contributed by atoms with van der Waals surface area (Å²) >= 11 is 4.79. The SMILES string of the molecule is CC(=O)N(O)Cc1ccc(Br)s1. The third-order valence-electron chi connectivity index (χ3n) is 1.30. The number of hydrogen-bond donors (Lipinski definition) is 1. The van der Waals surface area contributed by atoms with Gasteiger partial charge in [-0.1, -0.05) is 0 Å². The lowest BCUT2D eigenvalue weighted by Crippen LogP contribution is -2.23. The van der Waals surface area contributed by atoms with Crippen molar-refractivity contribution in [2.45, 2.75) is 13.5 Å². The molecule has 1 amide bonds. The van der Waals surface area contributed by atoms with E-state index in [1.165, 1.54) is 18.3 Å². The van der Waals surface area contributed by atoms with E-state index in [0.29, 0.717) is 5.06 Å². The molecule has 0 aliphatic heterocycles. The molecule has 0 radical (unpaired) electrons. The predicted octanol–water partition coefficient (Wildman–Crippen LogP) is 2.25. The maximum absolute atomic E-state index is 10.6. The average Bonchev–Trinajstić information content (AvgIpc) is 2.35. The Balaban J connectivity index is 2.58. The van der Waals surface area contributed by atoms with Crippen LogP contribution < -0.4 is 0 Å². The van der Waals surface area contributed by atoms with Crippen molar-refractivity contribution in [1.29, 1.82) is 0 Å². The first kappa shape index (κ1) is 9.70. The molecule has 1 aromatic rings. The van der Waals surface area contributed by atoms with E-state index < -0.39 is 0 Å². The van der Waals surface area contributed by atoms with Crippen molar-refractivity contribution >= 4 is 33.2 Å². The summed E-state index contributed by atoms with van der Waals surface area (Å²) in [5, 5.41) is 9.76. The van der Waals surface area contributed by atoms with Gasteiger partial charge in [0.25, 0.3) is 0 Å². The fourth-order valence-electron chi connectivity index (χ4n) is 0.696. The van der Waals surface area contributed by atoms with Crippen LogP contribution >= 0.6 is 27.3 Å². The summed E-state index contributed by atoms with van der Waals surface area (Å²) in [7, 11) is 0. The topological polar surface area (TPSA) is 40.5 Å². The van der Waals surface area contributed by atoms with Crippen molar-refractivity contribution < 1.29 is 10.0 Å². The summed E-state index contributed by atoms with van der Waals surface area (Å²) in [4.78, 5) is 11.6. The third-order valence-corrected chi connectivity index (χ3v) is 2.91. The lowest BCUT2D eigenvalue weighted by Gasteiger charge is -2.09. The minimum Gasteiger partial charge on any atom is -0.286 e. The van der Waals surface area contributed by atoms with Crippen molar-refractivity contribution in [3.05, 3.63) is 20.8 Å². The van der Waals surface area contributed by atoms with Gasteiger partial charge in [0.15, 0.2) is 0 Å². The molecular formula is C7H8BrNO2S. The van der Waals surface area contributed by atoms with E-state index in [1.54, 1.807) is 0 Å². The van der Waals surface area contributed by atoms with E-state index in [2.05, 4.69) is 15.9 Å². The number of halogens is 1. The summed E-state index contributed by atoms with van der Waals surface area (Å²) in [6.45, 7) is 1.58. The van der Waals surface area contributed by atoms with Crippen molar-refractivity contribution in [1.82, 2.24) is 5.06 Å². The van der Waals surface area contributed by atoms with Crippen LogP contribution in [0, 0.1) is 0 Å². The van der Waals surface area contributed by atoms with Gasteiger partial charge in [-0.25, -0.2) is 5.06 Å². The van der Waals surface area contributed by atoms with Crippen LogP contribution in [0.4, 0.5) is 0 Å². The molecule has 0 aliphatic carbocycles. The quantitative estimate of drug-likeness (QED) is 0.646. The second kappa shape index (κ2) is 4.02. The normalized spacial score (nSPS) is 9.92. The number of nitrogens with zero attached hydrogens (tertiary/aromatic N) is 1. The van der Waals surface area contributed by atoms with Crippen LogP contribution in [0.5, 0.6) is 0 Å². The van der Waals surface area contributed by atoms with Gasteiger partial charge in [0.1, 0.15) is 0 Å². The molecule has 1 N–H and O–H groups in total. The molecule has 1 aromatic heterocycles. The highest BCUT2D eigenvalue weighted by Gasteiger charge is 2.06. The summed E-state index contributed by atoms with van der Waals surface area (Å²) < 4.78 is 0.995. The molecule has 3 nitrogen and oxygen atoms in total. The first-order chi connectivity index (χ1) is 5.59. The van der Waals surface area contributed by atoms with Crippen LogP contribution in [0.15, 0.2) is 15.9 Å². The zero-order chi connectivity index (χ0) is 9.14. The van der Waals surface area contributed by atoms with E-state index in [9.17, 15) is 4.79 Å². The summed E-state index contributed by atoms with van der Waals surface area (Å²) in [5.41, 5.74) is 0. The zero-order valence-corrected chi connectivity index (χ0v) is 8.85. The van der Waals surface area contributed by atoms with Gasteiger partial charge in [-0.05, 0) is 28.1 Å². The van der Waals surface area contributed by atoms with E-state index in [0.717, 1.165) is 8.66 Å². The summed E-state index contributed by atoms with van der Waals surface area (Å²) in [6, 6.07) is 3.74. The fraction of sp³-hybridized carbons (Fsp3) is 0.286. The fourth-order valence-corrected chi connectivity index (χ4v) is 2.16. The van der Waals surface area contributed by atoms with Gasteiger partial charge in [0, 0.05) is 11.8 Å². The van der Waals surface area contributed by atoms with Gasteiger partial charge in [-0.2, -0.15) is 0 Å². The number of hydrogen-bond acceptors (Lipinski definition) is 3. The van der Waals surface area contributed by atoms with Crippen LogP contribution in [0.3, 0.4) is 0 Å². The number of rotatable bonds is 2. The van der Waals surface area contributed by atoms with Crippen LogP contribution in [0.25, 0.3) is 0 Å². The minimum absolute atomic E-state index is 0.256. The van der Waals surface area contributed by atoms with Crippen LogP contribution in [-0.4, -0.2) is 16.2 Å². The molecular weight excluding hydrogens is 242 g/mol. The lowest BCUT2D eigenvalue weighted by molar-refractivity contribution is -0.165. The monoisotopic (exact) mass is 249 g/mol. The Morgan fingerprint density at radius 2 is 2.42 bits per heavy atom. The van der Waals surface area contributed by atoms with Gasteiger partial charge < -0.3 is 0 Å². The Labute approximate surface area is 82.7 Å². The summed E-state index contributed by atoms with van der Waals surface area (Å²) in [6.07, 6.45) is 0. The lowest BCUT2D eigenvalue weighted by atomic mass is 10.4. The van der Waals surface area contributed by atoms with Crippen LogP contribution in [-0.2, 0) is 11.3 Å². The molecule has 0 aromatic carbocycles. The standard InChI is InChI=1S/C7H8BrNO2S/c1-5(10)9(11)4-6-2-3-7(8)12-6/h2-3,11H,4H2,1H3. The summed E-state index contributed by atoms with van der Waals surface area (Å²) in [5.74, 6) is -0.348. The van der Waals surface area contributed by atoms with Crippen molar-refractivity contribution in [2.24, 2.45) is 0 Å². The smallest absolute Gasteiger partial charge is 0.243 e. The van der Waals surface area contributed by atoms with E-state index >= 15 is 0 Å². The Morgan fingerprint density at radius 3 is 2.83 bits per heavy atom. The highest BCUT2D eigenvalue weighted by molar-refractivity contribution is 9.11. The van der Waals surface area contributed by atoms with Gasteiger partial charge in [-0.3, -0.25) is 10.0 Å². The first-order valence-corrected chi connectivity index (χ1v) is 4.91. The van der Waals surface area contributed by atoms with E-state index in [1.807, 2.05) is 12.1 Å². The van der Waals surface area contributed by atoms with Gasteiger partial charge in [-0.15, -0.1) is 11.3 Å². The Hall–Kier alpha value is -0.390. The molecule has 1 rings (SSSR count). The molecule has 0 spiro atoms. The highest BCUT2D eigenvalue weighted by Crippen LogP contribution is 2.22. The molecule has 0 aliphatic rings. The van der Waals surface area contributed by atoms with Crippen LogP contribution in [0.2, 0.25) is 0 Å². The molecule has 0 unspecified atom stereocenters. The maximum atomic E-state index is 10.6. The molecule has 0 saturated heterocycles. The zero-order valence-electron chi connectivity index (χ0n) is 6.45. The minimum atomic E-state index is -0.348. The average molecular weight is 250 g/mol. The molecule has 0 fully saturated rings. The number of amides is 1. The molecule has 0 bridgehead atoms. The first-order valence-electron chi connectivity index (χ1n) is 3.31. The maximum Gasteiger partial charge on any atom is 0.243 e. The largest absolute Gasteiger partial charge is 0.286 e. The molecule has 0 atom stereocenters. The van der Waals surface area contributed by atoms with Crippen molar-refractivity contribution in [2.75, 3.05) is 0 Å². The van der Waals surface area contributed by atoms with E-state index in [4.69, 9.17) is 5.21 Å². The Bertz CT molecular complexity index is 287. The number of carbonyl (C=O) groups is 1. The molecule has 5 heteroatoms. The van der Waals surface area contributed by atoms with Crippen molar-refractivity contribution in [3.8, 4) is 0 Å². The molecule has 1 heterocycles. The highest BCUT2D eigenvalue weighted by atomic mass is 79.9. The Kier molecular flexibility index (Phi) is 3.25. The molecule has 66 valence electrons. The second-order valence-electron chi connectivity index (χ2n) is 2.28. The predicted molar refractivity (Wildman–Crippen MR) is 50.0 cm³/mol. The van der Waals surface area contributed by atoms with Crippen LogP contribution in [0.1, 0.15) is 11.8 Å². The molecule has 12 heavy (non-hydrogen) atoms. The third kappa shape index (κ3) is 2.58. The number of thiophene rings is 1. The van der Waals surface area contributed by atoms with Gasteiger partial charge in [0.05, 0.1) is 10.3 Å².